The Bertz CT molecular complexity index is 430. The second kappa shape index (κ2) is 7.69. The highest BCUT2D eigenvalue weighted by molar-refractivity contribution is 5.30. The predicted molar refractivity (Wildman–Crippen MR) is 78.4 cm³/mol. The van der Waals surface area contributed by atoms with Crippen LogP contribution in [0.5, 0.6) is 5.75 Å². The van der Waals surface area contributed by atoms with E-state index in [4.69, 9.17) is 4.74 Å². The van der Waals surface area contributed by atoms with E-state index in [1.165, 1.54) is 6.07 Å². The van der Waals surface area contributed by atoms with E-state index in [1.54, 1.807) is 6.07 Å². The van der Waals surface area contributed by atoms with Gasteiger partial charge in [0.05, 0.1) is 5.56 Å². The maximum Gasteiger partial charge on any atom is 0.416 e. The number of rotatable bonds is 7. The smallest absolute Gasteiger partial charge is 0.416 e. The van der Waals surface area contributed by atoms with Crippen LogP contribution in [-0.2, 0) is 6.18 Å². The highest BCUT2D eigenvalue weighted by Gasteiger charge is 2.30. The number of benzene rings is 1. The summed E-state index contributed by atoms with van der Waals surface area (Å²) in [6, 6.07) is 5.04. The minimum absolute atomic E-state index is 0.160. The molecule has 2 nitrogen and oxygen atoms in total. The van der Waals surface area contributed by atoms with Gasteiger partial charge in [0, 0.05) is 6.54 Å². The molecule has 1 N–H and O–H groups in total. The lowest BCUT2D eigenvalue weighted by Crippen LogP contribution is -2.36. The molecule has 0 spiro atoms. The maximum absolute atomic E-state index is 12.7. The Hall–Kier alpha value is -1.23. The van der Waals surface area contributed by atoms with Gasteiger partial charge in [-0.3, -0.25) is 0 Å². The van der Waals surface area contributed by atoms with E-state index in [2.05, 4.69) is 19.2 Å². The molecule has 1 aromatic rings. The molecule has 0 saturated heterocycles. The number of halogens is 3. The zero-order valence-corrected chi connectivity index (χ0v) is 13.0. The lowest BCUT2D eigenvalue weighted by Gasteiger charge is -2.24. The Morgan fingerprint density at radius 3 is 2.29 bits per heavy atom. The summed E-state index contributed by atoms with van der Waals surface area (Å²) in [6.45, 7) is 9.67. The molecule has 0 aromatic heterocycles. The van der Waals surface area contributed by atoms with Gasteiger partial charge in [-0.2, -0.15) is 13.2 Å². The van der Waals surface area contributed by atoms with Gasteiger partial charge in [0.2, 0.25) is 0 Å². The molecule has 0 saturated carbocycles. The van der Waals surface area contributed by atoms with Gasteiger partial charge in [-0.15, -0.1) is 0 Å². The summed E-state index contributed by atoms with van der Waals surface area (Å²) in [5, 5.41) is 3.28. The molecule has 5 heteroatoms. The molecule has 1 atom stereocenters. The van der Waals surface area contributed by atoms with Crippen LogP contribution in [0.4, 0.5) is 13.2 Å². The molecule has 0 fully saturated rings. The lowest BCUT2D eigenvalue weighted by molar-refractivity contribution is -0.137. The van der Waals surface area contributed by atoms with Crippen molar-refractivity contribution in [1.29, 1.82) is 0 Å². The Morgan fingerprint density at radius 2 is 1.76 bits per heavy atom. The minimum atomic E-state index is -4.34. The molecule has 21 heavy (non-hydrogen) atoms. The molecule has 0 bridgehead atoms. The first-order chi connectivity index (χ1) is 9.70. The molecule has 0 aliphatic heterocycles. The zero-order valence-electron chi connectivity index (χ0n) is 13.0. The molecule has 0 heterocycles. The van der Waals surface area contributed by atoms with Crippen molar-refractivity contribution in [3.8, 4) is 5.75 Å². The third-order valence-corrected chi connectivity index (χ3v) is 3.09. The summed E-state index contributed by atoms with van der Waals surface area (Å²) in [4.78, 5) is 0. The topological polar surface area (TPSA) is 21.3 Å². The second-order valence-corrected chi connectivity index (χ2v) is 5.98. The van der Waals surface area contributed by atoms with Crippen molar-refractivity contribution in [2.75, 3.05) is 13.1 Å². The van der Waals surface area contributed by atoms with Gasteiger partial charge in [0.1, 0.15) is 11.9 Å². The Morgan fingerprint density at radius 1 is 1.10 bits per heavy atom. The van der Waals surface area contributed by atoms with E-state index in [9.17, 15) is 13.2 Å². The number of nitrogens with one attached hydrogen (secondary N) is 1. The highest BCUT2D eigenvalue weighted by atomic mass is 19.4. The highest BCUT2D eigenvalue weighted by Crippen LogP contribution is 2.31. The SMILES string of the molecule is CC(C)CNCC(Oc1cccc(C(F)(F)F)c1)C(C)C. The predicted octanol–water partition coefficient (Wildman–Crippen LogP) is 4.35. The number of alkyl halides is 3. The van der Waals surface area contributed by atoms with Crippen LogP contribution < -0.4 is 10.1 Å². The molecule has 0 radical (unpaired) electrons. The van der Waals surface area contributed by atoms with E-state index in [0.29, 0.717) is 12.5 Å². The number of ether oxygens (including phenoxy) is 1. The fourth-order valence-electron chi connectivity index (χ4n) is 1.85. The summed E-state index contributed by atoms with van der Waals surface area (Å²) in [7, 11) is 0. The van der Waals surface area contributed by atoms with Crippen LogP contribution in [0.1, 0.15) is 33.3 Å². The Kier molecular flexibility index (Phi) is 6.52. The zero-order chi connectivity index (χ0) is 16.0. The third-order valence-electron chi connectivity index (χ3n) is 3.09. The average molecular weight is 303 g/mol. The van der Waals surface area contributed by atoms with Crippen LogP contribution in [0.15, 0.2) is 24.3 Å². The largest absolute Gasteiger partial charge is 0.489 e. The van der Waals surface area contributed by atoms with Crippen LogP contribution >= 0.6 is 0 Å². The van der Waals surface area contributed by atoms with E-state index in [-0.39, 0.29) is 17.8 Å². The number of hydrogen-bond acceptors (Lipinski definition) is 2. The molecule has 1 unspecified atom stereocenters. The van der Waals surface area contributed by atoms with E-state index in [0.717, 1.165) is 18.7 Å². The first kappa shape index (κ1) is 17.8. The van der Waals surface area contributed by atoms with Crippen molar-refractivity contribution in [3.63, 3.8) is 0 Å². The van der Waals surface area contributed by atoms with Gasteiger partial charge in [-0.05, 0) is 36.6 Å². The van der Waals surface area contributed by atoms with Crippen LogP contribution in [-0.4, -0.2) is 19.2 Å². The lowest BCUT2D eigenvalue weighted by atomic mass is 10.1. The van der Waals surface area contributed by atoms with Gasteiger partial charge >= 0.3 is 6.18 Å². The van der Waals surface area contributed by atoms with Gasteiger partial charge in [-0.1, -0.05) is 33.8 Å². The van der Waals surface area contributed by atoms with Crippen molar-refractivity contribution in [2.45, 2.75) is 40.0 Å². The normalized spacial score (nSPS) is 13.8. The van der Waals surface area contributed by atoms with Crippen molar-refractivity contribution < 1.29 is 17.9 Å². The summed E-state index contributed by atoms with van der Waals surface area (Å²) in [5.41, 5.74) is -0.683. The third kappa shape index (κ3) is 6.38. The standard InChI is InChI=1S/C16H24F3NO/c1-11(2)9-20-10-15(12(3)4)21-14-7-5-6-13(8-14)16(17,18)19/h5-8,11-12,15,20H,9-10H2,1-4H3. The van der Waals surface area contributed by atoms with Crippen molar-refractivity contribution in [2.24, 2.45) is 11.8 Å². The average Bonchev–Trinajstić information content (AvgIpc) is 2.36. The van der Waals surface area contributed by atoms with Crippen LogP contribution in [0, 0.1) is 11.8 Å². The van der Waals surface area contributed by atoms with E-state index in [1.807, 2.05) is 13.8 Å². The molecule has 0 aliphatic carbocycles. The van der Waals surface area contributed by atoms with Gasteiger partial charge in [0.15, 0.2) is 0 Å². The minimum Gasteiger partial charge on any atom is -0.489 e. The monoisotopic (exact) mass is 303 g/mol. The molecule has 120 valence electrons. The summed E-state index contributed by atoms with van der Waals surface area (Å²) < 4.78 is 43.8. The van der Waals surface area contributed by atoms with Crippen LogP contribution in [0.3, 0.4) is 0 Å². The van der Waals surface area contributed by atoms with Gasteiger partial charge in [-0.25, -0.2) is 0 Å². The van der Waals surface area contributed by atoms with Gasteiger partial charge < -0.3 is 10.1 Å². The Balaban J connectivity index is 2.71. The van der Waals surface area contributed by atoms with E-state index >= 15 is 0 Å². The summed E-state index contributed by atoms with van der Waals surface area (Å²) in [6.07, 6.45) is -4.50. The second-order valence-electron chi connectivity index (χ2n) is 5.98. The van der Waals surface area contributed by atoms with Gasteiger partial charge in [0.25, 0.3) is 0 Å². The van der Waals surface area contributed by atoms with Crippen LogP contribution in [0.25, 0.3) is 0 Å². The van der Waals surface area contributed by atoms with E-state index < -0.39 is 11.7 Å². The first-order valence-corrected chi connectivity index (χ1v) is 7.24. The fourth-order valence-corrected chi connectivity index (χ4v) is 1.85. The fraction of sp³-hybridized carbons (Fsp3) is 0.625. The quantitative estimate of drug-likeness (QED) is 0.808. The first-order valence-electron chi connectivity index (χ1n) is 7.24. The number of hydrogen-bond donors (Lipinski definition) is 1. The van der Waals surface area contributed by atoms with Crippen molar-refractivity contribution in [3.05, 3.63) is 29.8 Å². The maximum atomic E-state index is 12.7. The molecule has 0 aliphatic rings. The van der Waals surface area contributed by atoms with Crippen molar-refractivity contribution in [1.82, 2.24) is 5.32 Å². The molecular weight excluding hydrogens is 279 g/mol. The Labute approximate surface area is 124 Å². The molecule has 0 amide bonds. The van der Waals surface area contributed by atoms with Crippen molar-refractivity contribution >= 4 is 0 Å². The summed E-state index contributed by atoms with van der Waals surface area (Å²) >= 11 is 0. The molecule has 1 aromatic carbocycles. The summed E-state index contributed by atoms with van der Waals surface area (Å²) in [5.74, 6) is 0.987. The molecular formula is C16H24F3NO. The van der Waals surface area contributed by atoms with Crippen LogP contribution in [0.2, 0.25) is 0 Å². The molecule has 1 rings (SSSR count).